The molecule has 0 saturated heterocycles. The summed E-state index contributed by atoms with van der Waals surface area (Å²) in [6, 6.07) is 5.86. The zero-order chi connectivity index (χ0) is 21.3. The molecule has 0 amide bonds. The zero-order valence-corrected chi connectivity index (χ0v) is 19.2. The highest BCUT2D eigenvalue weighted by molar-refractivity contribution is 9.10. The smallest absolute Gasteiger partial charge is 0.298 e. The Hall–Kier alpha value is -2.47. The molecule has 1 N–H and O–H groups in total. The minimum Gasteiger partial charge on any atom is -0.349 e. The van der Waals surface area contributed by atoms with Gasteiger partial charge in [-0.15, -0.1) is 0 Å². The van der Waals surface area contributed by atoms with E-state index in [0.717, 1.165) is 41.1 Å². The largest absolute Gasteiger partial charge is 0.349 e. The molecule has 2 atom stereocenters. The van der Waals surface area contributed by atoms with Gasteiger partial charge in [0.05, 0.1) is 0 Å². The highest BCUT2D eigenvalue weighted by atomic mass is 79.9. The van der Waals surface area contributed by atoms with E-state index < -0.39 is 0 Å². The van der Waals surface area contributed by atoms with Gasteiger partial charge in [-0.25, -0.2) is 4.98 Å². The molecule has 2 aromatic heterocycles. The van der Waals surface area contributed by atoms with Gasteiger partial charge in [0.1, 0.15) is 17.4 Å². The van der Waals surface area contributed by atoms with Gasteiger partial charge in [-0.3, -0.25) is 4.79 Å². The van der Waals surface area contributed by atoms with Crippen molar-refractivity contribution in [3.8, 4) is 0 Å². The van der Waals surface area contributed by atoms with E-state index in [1.807, 2.05) is 24.4 Å². The van der Waals surface area contributed by atoms with Crippen LogP contribution in [0.5, 0.6) is 0 Å². The lowest BCUT2D eigenvalue weighted by Gasteiger charge is -2.25. The SMILES string of the molecule is CC(C)=CCCC1=CC[C@@H](/C=N\n2cnc3c([nH]c4ccc(Br)cc43)c2=O)[C@H](C)C1. The molecule has 4 rings (SSSR count). The lowest BCUT2D eigenvalue weighted by Crippen LogP contribution is -2.21. The molecule has 1 aliphatic carbocycles. The first-order chi connectivity index (χ1) is 14.4. The van der Waals surface area contributed by atoms with Crippen LogP contribution in [-0.2, 0) is 0 Å². The third-order valence-electron chi connectivity index (χ3n) is 5.85. The minimum atomic E-state index is -0.176. The molecule has 156 valence electrons. The predicted octanol–water partition coefficient (Wildman–Crippen LogP) is 6.19. The summed E-state index contributed by atoms with van der Waals surface area (Å²) in [4.78, 5) is 20.6. The van der Waals surface area contributed by atoms with E-state index in [2.05, 4.69) is 63.9 Å². The fourth-order valence-electron chi connectivity index (χ4n) is 4.10. The molecule has 5 nitrogen and oxygen atoms in total. The van der Waals surface area contributed by atoms with E-state index in [-0.39, 0.29) is 5.56 Å². The first-order valence-electron chi connectivity index (χ1n) is 10.5. The third kappa shape index (κ3) is 4.33. The number of hydrogen-bond donors (Lipinski definition) is 1. The fraction of sp³-hybridized carbons (Fsp3) is 0.375. The highest BCUT2D eigenvalue weighted by Gasteiger charge is 2.20. The van der Waals surface area contributed by atoms with Gasteiger partial charge in [0.25, 0.3) is 5.56 Å². The van der Waals surface area contributed by atoms with Crippen LogP contribution in [0.4, 0.5) is 0 Å². The summed E-state index contributed by atoms with van der Waals surface area (Å²) < 4.78 is 2.30. The van der Waals surface area contributed by atoms with Gasteiger partial charge < -0.3 is 4.98 Å². The van der Waals surface area contributed by atoms with Gasteiger partial charge >= 0.3 is 0 Å². The van der Waals surface area contributed by atoms with Gasteiger partial charge in [-0.2, -0.15) is 9.78 Å². The fourth-order valence-corrected chi connectivity index (χ4v) is 4.46. The molecule has 2 heterocycles. The number of nitrogens with zero attached hydrogens (tertiary/aromatic N) is 3. The molecule has 0 unspecified atom stereocenters. The Labute approximate surface area is 184 Å². The van der Waals surface area contributed by atoms with Crippen LogP contribution in [0.25, 0.3) is 21.9 Å². The van der Waals surface area contributed by atoms with Crippen LogP contribution in [0.15, 0.2) is 62.2 Å². The number of benzene rings is 1. The second-order valence-electron chi connectivity index (χ2n) is 8.46. The van der Waals surface area contributed by atoms with Crippen molar-refractivity contribution in [3.05, 3.63) is 62.7 Å². The lowest BCUT2D eigenvalue weighted by molar-refractivity contribution is 0.429. The van der Waals surface area contributed by atoms with Crippen molar-refractivity contribution < 1.29 is 0 Å². The summed E-state index contributed by atoms with van der Waals surface area (Å²) in [5.41, 5.74) is 4.80. The molecule has 0 saturated carbocycles. The topological polar surface area (TPSA) is 63.0 Å². The quantitative estimate of drug-likeness (QED) is 0.359. The van der Waals surface area contributed by atoms with Crippen molar-refractivity contribution in [2.75, 3.05) is 0 Å². The molecule has 0 fully saturated rings. The van der Waals surface area contributed by atoms with Crippen molar-refractivity contribution in [1.82, 2.24) is 14.6 Å². The number of nitrogens with one attached hydrogen (secondary N) is 1. The molecule has 0 aliphatic heterocycles. The second kappa shape index (κ2) is 8.72. The van der Waals surface area contributed by atoms with Crippen LogP contribution in [0.2, 0.25) is 0 Å². The number of H-pyrrole nitrogens is 1. The molecule has 0 spiro atoms. The van der Waals surface area contributed by atoms with E-state index in [1.165, 1.54) is 22.1 Å². The van der Waals surface area contributed by atoms with Crippen LogP contribution in [-0.4, -0.2) is 20.9 Å². The number of hydrogen-bond acceptors (Lipinski definition) is 3. The average Bonchev–Trinajstić information content (AvgIpc) is 3.07. The van der Waals surface area contributed by atoms with Crippen LogP contribution < -0.4 is 5.56 Å². The first kappa shape index (κ1) is 20.8. The Balaban J connectivity index is 1.53. The lowest BCUT2D eigenvalue weighted by atomic mass is 9.80. The molecule has 0 bridgehead atoms. The van der Waals surface area contributed by atoms with Gasteiger partial charge in [-0.05, 0) is 63.6 Å². The number of aromatic nitrogens is 3. The normalized spacial score (nSPS) is 19.5. The van der Waals surface area contributed by atoms with E-state index >= 15 is 0 Å². The molecule has 6 heteroatoms. The maximum atomic E-state index is 12.9. The Morgan fingerprint density at radius 2 is 2.23 bits per heavy atom. The van der Waals surface area contributed by atoms with Gasteiger partial charge in [0.2, 0.25) is 0 Å². The van der Waals surface area contributed by atoms with Crippen LogP contribution >= 0.6 is 15.9 Å². The summed E-state index contributed by atoms with van der Waals surface area (Å²) in [6.07, 6.45) is 12.4. The Bertz CT molecular complexity index is 1230. The number of fused-ring (bicyclic) bond motifs is 3. The number of aromatic amines is 1. The number of halogens is 1. The van der Waals surface area contributed by atoms with Gasteiger partial charge in [0, 0.05) is 27.5 Å². The van der Waals surface area contributed by atoms with Crippen LogP contribution in [0.3, 0.4) is 0 Å². The van der Waals surface area contributed by atoms with Crippen LogP contribution in [0, 0.1) is 11.8 Å². The van der Waals surface area contributed by atoms with Crippen molar-refractivity contribution in [2.45, 2.75) is 46.5 Å². The Morgan fingerprint density at radius 1 is 1.40 bits per heavy atom. The Morgan fingerprint density at radius 3 is 3.00 bits per heavy atom. The van der Waals surface area contributed by atoms with Gasteiger partial charge in [0.15, 0.2) is 0 Å². The summed E-state index contributed by atoms with van der Waals surface area (Å²) in [5.74, 6) is 0.844. The van der Waals surface area contributed by atoms with Gasteiger partial charge in [-0.1, -0.05) is 46.2 Å². The van der Waals surface area contributed by atoms with Crippen molar-refractivity contribution >= 4 is 44.1 Å². The standard InChI is InChI=1S/C24H27BrN4O/c1-15(2)5-4-6-17-7-8-18(16(3)11-17)13-27-29-14-26-22-20-12-19(25)9-10-21(20)28-23(22)24(29)30/h5,7,9-10,12-14,16,18,28H,4,6,8,11H2,1-3H3/b27-13-/t16-,18+/m1/s1. The minimum absolute atomic E-state index is 0.176. The molecule has 3 aromatic rings. The third-order valence-corrected chi connectivity index (χ3v) is 6.34. The summed E-state index contributed by atoms with van der Waals surface area (Å²) in [6.45, 7) is 6.56. The molecule has 1 aliphatic rings. The predicted molar refractivity (Wildman–Crippen MR) is 128 cm³/mol. The molecule has 0 radical (unpaired) electrons. The first-order valence-corrected chi connectivity index (χ1v) is 11.3. The van der Waals surface area contributed by atoms with Crippen molar-refractivity contribution in [3.63, 3.8) is 0 Å². The maximum absolute atomic E-state index is 12.9. The molecule has 30 heavy (non-hydrogen) atoms. The Kier molecular flexibility index (Phi) is 6.04. The molecule has 1 aromatic carbocycles. The van der Waals surface area contributed by atoms with E-state index in [0.29, 0.717) is 22.9 Å². The monoisotopic (exact) mass is 466 g/mol. The van der Waals surface area contributed by atoms with Crippen molar-refractivity contribution in [1.29, 1.82) is 0 Å². The maximum Gasteiger partial charge on any atom is 0.298 e. The zero-order valence-electron chi connectivity index (χ0n) is 17.7. The number of allylic oxidation sites excluding steroid dienone is 4. The molecular weight excluding hydrogens is 440 g/mol. The summed E-state index contributed by atoms with van der Waals surface area (Å²) in [5, 5.41) is 5.41. The van der Waals surface area contributed by atoms with E-state index in [4.69, 9.17) is 0 Å². The van der Waals surface area contributed by atoms with E-state index in [1.54, 1.807) is 0 Å². The summed E-state index contributed by atoms with van der Waals surface area (Å²) >= 11 is 3.48. The van der Waals surface area contributed by atoms with Crippen LogP contribution in [0.1, 0.15) is 46.5 Å². The second-order valence-corrected chi connectivity index (χ2v) is 9.38. The summed E-state index contributed by atoms with van der Waals surface area (Å²) in [7, 11) is 0. The number of rotatable bonds is 5. The highest BCUT2D eigenvalue weighted by Crippen LogP contribution is 2.31. The van der Waals surface area contributed by atoms with E-state index in [9.17, 15) is 4.79 Å². The average molecular weight is 467 g/mol. The molecular formula is C24H27BrN4O. The van der Waals surface area contributed by atoms with Crippen molar-refractivity contribution in [2.24, 2.45) is 16.9 Å².